The van der Waals surface area contributed by atoms with Crippen LogP contribution in [-0.4, -0.2) is 17.2 Å². The number of thiazole rings is 1. The number of hydrogen-bond acceptors (Lipinski definition) is 3. The van der Waals surface area contributed by atoms with Gasteiger partial charge in [0, 0.05) is 35.7 Å². The highest BCUT2D eigenvalue weighted by Crippen LogP contribution is 2.31. The lowest BCUT2D eigenvalue weighted by atomic mass is 9.91. The molecule has 0 atom stereocenters. The standard InChI is InChI=1S/C14H23F3N2S/c1-9(2)18-8-10-12(13(3,4)5)19-11(20-10)6-7-14(15,16)17/h9,18H,6-8H2,1-5H3. The Bertz CT molecular complexity index is 431. The molecular weight excluding hydrogens is 285 g/mol. The molecule has 116 valence electrons. The van der Waals surface area contributed by atoms with Crippen molar-refractivity contribution >= 4 is 11.3 Å². The normalized spacial score (nSPS) is 13.2. The second kappa shape index (κ2) is 6.43. The van der Waals surface area contributed by atoms with Gasteiger partial charge >= 0.3 is 6.18 Å². The molecule has 0 saturated carbocycles. The third-order valence-corrected chi connectivity index (χ3v) is 3.86. The van der Waals surface area contributed by atoms with Gasteiger partial charge in [0.05, 0.1) is 10.7 Å². The Balaban J connectivity index is 2.88. The molecule has 20 heavy (non-hydrogen) atoms. The summed E-state index contributed by atoms with van der Waals surface area (Å²) >= 11 is 1.40. The Morgan fingerprint density at radius 2 is 1.80 bits per heavy atom. The fourth-order valence-corrected chi connectivity index (χ4v) is 2.99. The topological polar surface area (TPSA) is 24.9 Å². The van der Waals surface area contributed by atoms with Crippen LogP contribution in [0.1, 0.15) is 56.6 Å². The van der Waals surface area contributed by atoms with Gasteiger partial charge in [0.1, 0.15) is 0 Å². The summed E-state index contributed by atoms with van der Waals surface area (Å²) in [4.78, 5) is 5.49. The molecule has 0 aromatic carbocycles. The lowest BCUT2D eigenvalue weighted by Crippen LogP contribution is -2.23. The summed E-state index contributed by atoms with van der Waals surface area (Å²) < 4.78 is 36.9. The van der Waals surface area contributed by atoms with Crippen molar-refractivity contribution in [1.82, 2.24) is 10.3 Å². The van der Waals surface area contributed by atoms with Crippen LogP contribution in [0.5, 0.6) is 0 Å². The molecule has 1 aromatic heterocycles. The molecule has 0 saturated heterocycles. The highest BCUT2D eigenvalue weighted by Gasteiger charge is 2.29. The lowest BCUT2D eigenvalue weighted by molar-refractivity contribution is -0.134. The van der Waals surface area contributed by atoms with Crippen LogP contribution in [0.15, 0.2) is 0 Å². The Hall–Kier alpha value is -0.620. The second-order valence-corrected chi connectivity index (χ2v) is 7.45. The number of halogens is 3. The number of alkyl halides is 3. The summed E-state index contributed by atoms with van der Waals surface area (Å²) in [7, 11) is 0. The van der Waals surface area contributed by atoms with Crippen molar-refractivity contribution < 1.29 is 13.2 Å². The van der Waals surface area contributed by atoms with Crippen molar-refractivity contribution in [3.05, 3.63) is 15.6 Å². The number of rotatable bonds is 5. The van der Waals surface area contributed by atoms with Crippen LogP contribution in [-0.2, 0) is 18.4 Å². The van der Waals surface area contributed by atoms with Crippen molar-refractivity contribution in [3.63, 3.8) is 0 Å². The maximum Gasteiger partial charge on any atom is 0.389 e. The summed E-state index contributed by atoms with van der Waals surface area (Å²) in [6, 6.07) is 0.337. The predicted octanol–water partition coefficient (Wildman–Crippen LogP) is 4.43. The molecular formula is C14H23F3N2S. The van der Waals surface area contributed by atoms with Crippen LogP contribution < -0.4 is 5.32 Å². The number of nitrogens with one attached hydrogen (secondary N) is 1. The minimum atomic E-state index is -4.12. The van der Waals surface area contributed by atoms with E-state index in [4.69, 9.17) is 0 Å². The quantitative estimate of drug-likeness (QED) is 0.870. The van der Waals surface area contributed by atoms with Crippen LogP contribution in [0.3, 0.4) is 0 Å². The first-order valence-corrected chi connectivity index (χ1v) is 7.60. The minimum Gasteiger partial charge on any atom is -0.310 e. The molecule has 1 rings (SSSR count). The number of hydrogen-bond donors (Lipinski definition) is 1. The van der Waals surface area contributed by atoms with Gasteiger partial charge < -0.3 is 5.32 Å². The van der Waals surface area contributed by atoms with E-state index in [0.29, 0.717) is 17.6 Å². The fraction of sp³-hybridized carbons (Fsp3) is 0.786. The van der Waals surface area contributed by atoms with Crippen molar-refractivity contribution in [2.45, 2.75) is 71.6 Å². The molecule has 0 fully saturated rings. The van der Waals surface area contributed by atoms with Crippen molar-refractivity contribution in [3.8, 4) is 0 Å². The summed E-state index contributed by atoms with van der Waals surface area (Å²) in [5.41, 5.74) is 0.758. The van der Waals surface area contributed by atoms with E-state index >= 15 is 0 Å². The number of nitrogens with zero attached hydrogens (tertiary/aromatic N) is 1. The SMILES string of the molecule is CC(C)NCc1sc(CCC(F)(F)F)nc1C(C)(C)C. The van der Waals surface area contributed by atoms with Gasteiger partial charge in [-0.05, 0) is 0 Å². The zero-order valence-electron chi connectivity index (χ0n) is 12.7. The molecule has 0 radical (unpaired) electrons. The molecule has 1 N–H and O–H groups in total. The summed E-state index contributed by atoms with van der Waals surface area (Å²) in [5.74, 6) is 0. The smallest absolute Gasteiger partial charge is 0.310 e. The average molecular weight is 308 g/mol. The molecule has 1 aromatic rings. The number of aromatic nitrogens is 1. The zero-order chi connectivity index (χ0) is 15.6. The molecule has 0 bridgehead atoms. The summed E-state index contributed by atoms with van der Waals surface area (Å²) in [5, 5.41) is 3.88. The molecule has 1 heterocycles. The van der Waals surface area contributed by atoms with Crippen LogP contribution in [0.4, 0.5) is 13.2 Å². The molecule has 2 nitrogen and oxygen atoms in total. The molecule has 0 unspecified atom stereocenters. The number of aryl methyl sites for hydroxylation is 1. The van der Waals surface area contributed by atoms with Gasteiger partial charge in [0.2, 0.25) is 0 Å². The van der Waals surface area contributed by atoms with Gasteiger partial charge in [-0.1, -0.05) is 34.6 Å². The zero-order valence-corrected chi connectivity index (χ0v) is 13.5. The van der Waals surface area contributed by atoms with E-state index in [1.807, 2.05) is 34.6 Å². The van der Waals surface area contributed by atoms with Gasteiger partial charge in [-0.15, -0.1) is 11.3 Å². The molecule has 0 amide bonds. The molecule has 6 heteroatoms. The van der Waals surface area contributed by atoms with E-state index in [-0.39, 0.29) is 11.8 Å². The summed E-state index contributed by atoms with van der Waals surface area (Å²) in [6.07, 6.45) is -4.95. The van der Waals surface area contributed by atoms with Crippen molar-refractivity contribution in [2.75, 3.05) is 0 Å². The first-order chi connectivity index (χ1) is 8.99. The van der Waals surface area contributed by atoms with Gasteiger partial charge in [-0.3, -0.25) is 0 Å². The molecule has 0 aliphatic carbocycles. The third-order valence-electron chi connectivity index (χ3n) is 2.75. The van der Waals surface area contributed by atoms with Crippen molar-refractivity contribution in [1.29, 1.82) is 0 Å². The highest BCUT2D eigenvalue weighted by atomic mass is 32.1. The van der Waals surface area contributed by atoms with Gasteiger partial charge in [0.25, 0.3) is 0 Å². The van der Waals surface area contributed by atoms with Gasteiger partial charge in [-0.2, -0.15) is 13.2 Å². The van der Waals surface area contributed by atoms with Crippen LogP contribution in [0, 0.1) is 0 Å². The minimum absolute atomic E-state index is 0.0288. The van der Waals surface area contributed by atoms with E-state index in [1.165, 1.54) is 11.3 Å². The van der Waals surface area contributed by atoms with Crippen LogP contribution >= 0.6 is 11.3 Å². The Kier molecular flexibility index (Phi) is 5.61. The van der Waals surface area contributed by atoms with Crippen molar-refractivity contribution in [2.24, 2.45) is 0 Å². The maximum absolute atomic E-state index is 12.3. The second-order valence-electron chi connectivity index (χ2n) is 6.28. The Morgan fingerprint density at radius 3 is 2.25 bits per heavy atom. The fourth-order valence-electron chi connectivity index (χ4n) is 1.76. The maximum atomic E-state index is 12.3. The van der Waals surface area contributed by atoms with E-state index in [0.717, 1.165) is 10.6 Å². The predicted molar refractivity (Wildman–Crippen MR) is 77.2 cm³/mol. The summed E-state index contributed by atoms with van der Waals surface area (Å²) in [6.45, 7) is 10.9. The van der Waals surface area contributed by atoms with Crippen LogP contribution in [0.25, 0.3) is 0 Å². The van der Waals surface area contributed by atoms with Gasteiger partial charge in [0.15, 0.2) is 0 Å². The van der Waals surface area contributed by atoms with Gasteiger partial charge in [-0.25, -0.2) is 4.98 Å². The van der Waals surface area contributed by atoms with E-state index < -0.39 is 12.6 Å². The molecule has 0 spiro atoms. The monoisotopic (exact) mass is 308 g/mol. The third kappa shape index (κ3) is 5.79. The highest BCUT2D eigenvalue weighted by molar-refractivity contribution is 7.11. The average Bonchev–Trinajstić information content (AvgIpc) is 2.65. The molecule has 0 aliphatic rings. The lowest BCUT2D eigenvalue weighted by Gasteiger charge is -2.18. The Labute approximate surface area is 122 Å². The first kappa shape index (κ1) is 17.4. The largest absolute Gasteiger partial charge is 0.389 e. The molecule has 0 aliphatic heterocycles. The first-order valence-electron chi connectivity index (χ1n) is 6.78. The van der Waals surface area contributed by atoms with E-state index in [2.05, 4.69) is 10.3 Å². The van der Waals surface area contributed by atoms with Crippen LogP contribution in [0.2, 0.25) is 0 Å². The van der Waals surface area contributed by atoms with E-state index in [1.54, 1.807) is 0 Å². The van der Waals surface area contributed by atoms with E-state index in [9.17, 15) is 13.2 Å². The Morgan fingerprint density at radius 1 is 1.20 bits per heavy atom.